The molecule has 1 aromatic heterocycles. The van der Waals surface area contributed by atoms with E-state index in [4.69, 9.17) is 0 Å². The Labute approximate surface area is 82.7 Å². The molecule has 0 unspecified atom stereocenters. The molecule has 1 aliphatic heterocycles. The maximum Gasteiger partial charge on any atom is 0.0762 e. The third-order valence-corrected chi connectivity index (χ3v) is 3.67. The summed E-state index contributed by atoms with van der Waals surface area (Å²) in [4.78, 5) is 0. The molecular weight excluding hydrogens is 182 g/mol. The minimum absolute atomic E-state index is 0.440. The fourth-order valence-corrected chi connectivity index (χ4v) is 2.26. The summed E-state index contributed by atoms with van der Waals surface area (Å²) < 4.78 is 3.90. The first-order chi connectivity index (χ1) is 6.23. The molecule has 1 saturated heterocycles. The first kappa shape index (κ1) is 9.09. The highest BCUT2D eigenvalue weighted by Crippen LogP contribution is 2.35. The van der Waals surface area contributed by atoms with Crippen LogP contribution in [0.4, 0.5) is 0 Å². The summed E-state index contributed by atoms with van der Waals surface area (Å²) in [5.41, 5.74) is 1.59. The molecule has 0 atom stereocenters. The molecule has 0 aromatic carbocycles. The van der Waals surface area contributed by atoms with Crippen molar-refractivity contribution in [3.63, 3.8) is 0 Å². The van der Waals surface area contributed by atoms with E-state index in [2.05, 4.69) is 34.1 Å². The molecule has 1 N–H and O–H groups in total. The first-order valence-electron chi connectivity index (χ1n) is 4.70. The normalized spacial score (nSPS) is 20.2. The van der Waals surface area contributed by atoms with Crippen molar-refractivity contribution in [1.82, 2.24) is 14.9 Å². The van der Waals surface area contributed by atoms with Crippen LogP contribution in [0.25, 0.3) is 0 Å². The average molecular weight is 197 g/mol. The van der Waals surface area contributed by atoms with Crippen LogP contribution < -0.4 is 5.32 Å². The lowest BCUT2D eigenvalue weighted by molar-refractivity contribution is 0.0981. The molecule has 1 aromatic rings. The second kappa shape index (κ2) is 3.35. The largest absolute Gasteiger partial charge is 0.315 e. The number of nitrogens with one attached hydrogen (secondary N) is 1. The molecule has 1 aliphatic rings. The highest BCUT2D eigenvalue weighted by atomic mass is 32.1. The summed E-state index contributed by atoms with van der Waals surface area (Å²) in [6.45, 7) is 6.84. The Morgan fingerprint density at radius 3 is 2.77 bits per heavy atom. The summed E-state index contributed by atoms with van der Waals surface area (Å²) in [6, 6.07) is 0. The van der Waals surface area contributed by atoms with E-state index in [-0.39, 0.29) is 0 Å². The van der Waals surface area contributed by atoms with Crippen LogP contribution in [0.5, 0.6) is 0 Å². The van der Waals surface area contributed by atoms with Gasteiger partial charge in [0.15, 0.2) is 0 Å². The van der Waals surface area contributed by atoms with Gasteiger partial charge in [-0.3, -0.25) is 0 Å². The van der Waals surface area contributed by atoms with E-state index >= 15 is 0 Å². The van der Waals surface area contributed by atoms with Crippen molar-refractivity contribution in [2.24, 2.45) is 11.3 Å². The number of hydrogen-bond acceptors (Lipinski definition) is 4. The Hall–Kier alpha value is -0.480. The SMILES string of the molecule is CC(C)C1(Cc2csnn2)CNC1. The molecule has 72 valence electrons. The molecule has 0 radical (unpaired) electrons. The van der Waals surface area contributed by atoms with Crippen molar-refractivity contribution >= 4 is 11.5 Å². The van der Waals surface area contributed by atoms with Crippen LogP contribution in [-0.4, -0.2) is 22.7 Å². The standard InChI is InChI=1S/C9H15N3S/c1-7(2)9(5-10-6-9)3-8-4-13-12-11-8/h4,7,10H,3,5-6H2,1-2H3. The molecule has 2 rings (SSSR count). The third kappa shape index (κ3) is 1.60. The van der Waals surface area contributed by atoms with Gasteiger partial charge in [0.2, 0.25) is 0 Å². The topological polar surface area (TPSA) is 37.8 Å². The maximum atomic E-state index is 4.11. The van der Waals surface area contributed by atoms with Crippen LogP contribution in [0.3, 0.4) is 0 Å². The number of rotatable bonds is 3. The molecule has 13 heavy (non-hydrogen) atoms. The fourth-order valence-electron chi connectivity index (χ4n) is 1.81. The second-order valence-electron chi connectivity index (χ2n) is 4.19. The van der Waals surface area contributed by atoms with E-state index in [1.54, 1.807) is 0 Å². The van der Waals surface area contributed by atoms with Crippen LogP contribution in [0.15, 0.2) is 5.38 Å². The predicted octanol–water partition coefficient (Wildman–Crippen LogP) is 1.33. The van der Waals surface area contributed by atoms with Crippen molar-refractivity contribution in [2.45, 2.75) is 20.3 Å². The zero-order valence-corrected chi connectivity index (χ0v) is 8.90. The van der Waals surface area contributed by atoms with Gasteiger partial charge in [-0.2, -0.15) is 0 Å². The van der Waals surface area contributed by atoms with E-state index in [1.165, 1.54) is 11.5 Å². The van der Waals surface area contributed by atoms with Gasteiger partial charge in [0.05, 0.1) is 5.69 Å². The third-order valence-electron chi connectivity index (χ3n) is 3.12. The molecule has 2 heterocycles. The number of hydrogen-bond donors (Lipinski definition) is 1. The minimum atomic E-state index is 0.440. The van der Waals surface area contributed by atoms with Gasteiger partial charge in [0.1, 0.15) is 0 Å². The first-order valence-corrected chi connectivity index (χ1v) is 5.53. The van der Waals surface area contributed by atoms with E-state index < -0.39 is 0 Å². The van der Waals surface area contributed by atoms with Crippen molar-refractivity contribution in [3.05, 3.63) is 11.1 Å². The van der Waals surface area contributed by atoms with Crippen LogP contribution in [0.1, 0.15) is 19.5 Å². The Kier molecular flexibility index (Phi) is 2.34. The zero-order valence-electron chi connectivity index (χ0n) is 8.08. The summed E-state index contributed by atoms with van der Waals surface area (Å²) in [6.07, 6.45) is 1.08. The second-order valence-corrected chi connectivity index (χ2v) is 4.80. The van der Waals surface area contributed by atoms with E-state index in [0.29, 0.717) is 5.41 Å². The Morgan fingerprint density at radius 2 is 2.38 bits per heavy atom. The fraction of sp³-hybridized carbons (Fsp3) is 0.778. The van der Waals surface area contributed by atoms with Gasteiger partial charge in [-0.25, -0.2) is 0 Å². The van der Waals surface area contributed by atoms with Gasteiger partial charge in [0, 0.05) is 30.3 Å². The smallest absolute Gasteiger partial charge is 0.0762 e. The zero-order chi connectivity index (χ0) is 9.31. The monoisotopic (exact) mass is 197 g/mol. The van der Waals surface area contributed by atoms with E-state index in [9.17, 15) is 0 Å². The van der Waals surface area contributed by atoms with Crippen LogP contribution >= 0.6 is 11.5 Å². The summed E-state index contributed by atoms with van der Waals surface area (Å²) in [7, 11) is 0. The van der Waals surface area contributed by atoms with Crippen molar-refractivity contribution in [3.8, 4) is 0 Å². The molecule has 0 bridgehead atoms. The summed E-state index contributed by atoms with van der Waals surface area (Å²) >= 11 is 1.45. The van der Waals surface area contributed by atoms with Crippen LogP contribution in [-0.2, 0) is 6.42 Å². The van der Waals surface area contributed by atoms with Crippen LogP contribution in [0, 0.1) is 11.3 Å². The molecule has 0 aliphatic carbocycles. The van der Waals surface area contributed by atoms with Crippen molar-refractivity contribution in [2.75, 3.05) is 13.1 Å². The quantitative estimate of drug-likeness (QED) is 0.794. The van der Waals surface area contributed by atoms with Gasteiger partial charge in [0.25, 0.3) is 0 Å². The minimum Gasteiger partial charge on any atom is -0.315 e. The van der Waals surface area contributed by atoms with Crippen molar-refractivity contribution < 1.29 is 0 Å². The molecular formula is C9H15N3S. The molecule has 0 spiro atoms. The molecule has 1 fully saturated rings. The van der Waals surface area contributed by atoms with Crippen LogP contribution in [0.2, 0.25) is 0 Å². The summed E-state index contributed by atoms with van der Waals surface area (Å²) in [5.74, 6) is 0.718. The lowest BCUT2D eigenvalue weighted by atomic mass is 9.69. The number of aromatic nitrogens is 2. The Balaban J connectivity index is 2.07. The van der Waals surface area contributed by atoms with Gasteiger partial charge in [-0.1, -0.05) is 18.3 Å². The summed E-state index contributed by atoms with van der Waals surface area (Å²) in [5, 5.41) is 9.52. The Bertz CT molecular complexity index is 264. The highest BCUT2D eigenvalue weighted by Gasteiger charge is 2.40. The molecule has 3 nitrogen and oxygen atoms in total. The lowest BCUT2D eigenvalue weighted by Crippen LogP contribution is -2.57. The van der Waals surface area contributed by atoms with Gasteiger partial charge in [-0.15, -0.1) is 5.10 Å². The average Bonchev–Trinajstić information content (AvgIpc) is 2.47. The molecule has 4 heteroatoms. The molecule has 0 amide bonds. The van der Waals surface area contributed by atoms with E-state index in [1.807, 2.05) is 0 Å². The van der Waals surface area contributed by atoms with Gasteiger partial charge >= 0.3 is 0 Å². The highest BCUT2D eigenvalue weighted by molar-refractivity contribution is 7.03. The van der Waals surface area contributed by atoms with Gasteiger partial charge < -0.3 is 5.32 Å². The number of nitrogens with zero attached hydrogens (tertiary/aromatic N) is 2. The van der Waals surface area contributed by atoms with Crippen molar-refractivity contribution in [1.29, 1.82) is 0 Å². The molecule has 0 saturated carbocycles. The van der Waals surface area contributed by atoms with Gasteiger partial charge in [-0.05, 0) is 17.5 Å². The Morgan fingerprint density at radius 1 is 1.62 bits per heavy atom. The predicted molar refractivity (Wildman–Crippen MR) is 53.8 cm³/mol. The van der Waals surface area contributed by atoms with E-state index in [0.717, 1.165) is 31.1 Å². The lowest BCUT2D eigenvalue weighted by Gasteiger charge is -2.46. The maximum absolute atomic E-state index is 4.11.